The van der Waals surface area contributed by atoms with E-state index < -0.39 is 0 Å². The maximum Gasteiger partial charge on any atom is 0.227 e. The Balaban J connectivity index is 1.25. The van der Waals surface area contributed by atoms with Crippen LogP contribution in [0.5, 0.6) is 5.75 Å². The normalized spacial score (nSPS) is 16.3. The van der Waals surface area contributed by atoms with Gasteiger partial charge in [0.2, 0.25) is 5.71 Å². The minimum absolute atomic E-state index is 0.0534. The summed E-state index contributed by atoms with van der Waals surface area (Å²) in [4.78, 5) is 20.2. The van der Waals surface area contributed by atoms with Crippen LogP contribution in [0.25, 0.3) is 78.1 Å². The Morgan fingerprint density at radius 3 is 2.27 bits per heavy atom. The molecule has 48 heavy (non-hydrogen) atoms. The van der Waals surface area contributed by atoms with E-state index in [1.807, 2.05) is 48.5 Å². The van der Waals surface area contributed by atoms with Crippen molar-refractivity contribution in [3.63, 3.8) is 0 Å². The number of aromatic nitrogens is 4. The molecule has 2 atom stereocenters. The zero-order valence-electron chi connectivity index (χ0n) is 25.6. The van der Waals surface area contributed by atoms with Crippen molar-refractivity contribution >= 4 is 32.8 Å². The molecule has 10 rings (SSSR count). The van der Waals surface area contributed by atoms with Gasteiger partial charge in [-0.15, -0.1) is 0 Å². The minimum Gasteiger partial charge on any atom is -0.485 e. The average molecular weight is 619 g/mol. The van der Waals surface area contributed by atoms with Crippen molar-refractivity contribution in [3.8, 4) is 51.0 Å². The molecule has 0 saturated carbocycles. The maximum atomic E-state index is 6.48. The first-order valence-electron chi connectivity index (χ1n) is 16.0. The summed E-state index contributed by atoms with van der Waals surface area (Å²) in [6, 6.07) is 39.2. The molecule has 8 aromatic rings. The highest BCUT2D eigenvalue weighted by atomic mass is 16.5. The van der Waals surface area contributed by atoms with Gasteiger partial charge in [0.1, 0.15) is 17.4 Å². The standard InChI is InChI=1S/C42H26N4O2/c1-2-11-26(12-3-1)29-21-22-32(37-33-16-9-23-43-42(33)48-38(29)37)41-45-39(28-20-19-25-10-4-5-13-27(25)24-28)44-40(46-41)31-15-8-18-35-36(31)30-14-6-7-17-34(30)47-35/h1-24,30,34H. The van der Waals surface area contributed by atoms with Gasteiger partial charge in [0.15, 0.2) is 17.5 Å². The SMILES string of the molecule is C1=CC2Oc3cccc(-c4nc(-c5ccc6ccccc6c5)nc(-c5ccc(-c6ccccc6)c6oc7ncccc7c56)n4)c3C2C=C1. The molecule has 0 N–H and O–H groups in total. The Labute approximate surface area is 275 Å². The van der Waals surface area contributed by atoms with Gasteiger partial charge in [-0.2, -0.15) is 0 Å². The van der Waals surface area contributed by atoms with E-state index >= 15 is 0 Å². The van der Waals surface area contributed by atoms with Gasteiger partial charge in [-0.3, -0.25) is 0 Å². The Morgan fingerprint density at radius 2 is 1.35 bits per heavy atom. The number of nitrogens with zero attached hydrogens (tertiary/aromatic N) is 4. The summed E-state index contributed by atoms with van der Waals surface area (Å²) in [5.74, 6) is 2.68. The molecule has 0 saturated heterocycles. The van der Waals surface area contributed by atoms with E-state index in [1.54, 1.807) is 6.20 Å². The summed E-state index contributed by atoms with van der Waals surface area (Å²) in [5.41, 5.74) is 7.15. The van der Waals surface area contributed by atoms with Crippen molar-refractivity contribution < 1.29 is 9.15 Å². The van der Waals surface area contributed by atoms with E-state index in [0.717, 1.165) is 66.3 Å². The van der Waals surface area contributed by atoms with Gasteiger partial charge in [0, 0.05) is 50.7 Å². The summed E-state index contributed by atoms with van der Waals surface area (Å²) in [6.45, 7) is 0. The molecule has 226 valence electrons. The lowest BCUT2D eigenvalue weighted by Gasteiger charge is -2.16. The van der Waals surface area contributed by atoms with Gasteiger partial charge >= 0.3 is 0 Å². The van der Waals surface area contributed by atoms with E-state index in [-0.39, 0.29) is 12.0 Å². The van der Waals surface area contributed by atoms with Gasteiger partial charge < -0.3 is 9.15 Å². The van der Waals surface area contributed by atoms with Crippen molar-refractivity contribution in [3.05, 3.63) is 151 Å². The first kappa shape index (κ1) is 26.8. The number of furan rings is 1. The van der Waals surface area contributed by atoms with Gasteiger partial charge in [-0.1, -0.05) is 97.1 Å². The van der Waals surface area contributed by atoms with E-state index in [4.69, 9.17) is 24.1 Å². The smallest absolute Gasteiger partial charge is 0.227 e. The highest BCUT2D eigenvalue weighted by Crippen LogP contribution is 2.46. The van der Waals surface area contributed by atoms with Crippen LogP contribution >= 0.6 is 0 Å². The first-order valence-corrected chi connectivity index (χ1v) is 16.0. The topological polar surface area (TPSA) is 73.9 Å². The molecule has 3 aromatic heterocycles. The maximum absolute atomic E-state index is 6.48. The quantitative estimate of drug-likeness (QED) is 0.195. The van der Waals surface area contributed by atoms with Crippen LogP contribution in [0.2, 0.25) is 0 Å². The molecular formula is C42H26N4O2. The van der Waals surface area contributed by atoms with Gasteiger partial charge in [0.05, 0.1) is 0 Å². The van der Waals surface area contributed by atoms with Crippen LogP contribution in [-0.4, -0.2) is 26.0 Å². The molecule has 0 bridgehead atoms. The Morgan fingerprint density at radius 1 is 0.562 bits per heavy atom. The predicted molar refractivity (Wildman–Crippen MR) is 190 cm³/mol. The Bertz CT molecular complexity index is 2620. The van der Waals surface area contributed by atoms with E-state index in [0.29, 0.717) is 23.2 Å². The lowest BCUT2D eigenvalue weighted by atomic mass is 9.88. The molecular weight excluding hydrogens is 592 g/mol. The molecule has 4 heterocycles. The molecule has 2 aliphatic rings. The summed E-state index contributed by atoms with van der Waals surface area (Å²) in [7, 11) is 0. The fourth-order valence-electron chi connectivity index (χ4n) is 7.11. The van der Waals surface area contributed by atoms with Crippen LogP contribution in [0.15, 0.2) is 150 Å². The average Bonchev–Trinajstić information content (AvgIpc) is 3.74. The number of hydrogen-bond donors (Lipinski definition) is 0. The molecule has 0 fully saturated rings. The highest BCUT2D eigenvalue weighted by Gasteiger charge is 2.35. The van der Waals surface area contributed by atoms with Crippen molar-refractivity contribution in [2.75, 3.05) is 0 Å². The molecule has 0 spiro atoms. The molecule has 6 nitrogen and oxygen atoms in total. The van der Waals surface area contributed by atoms with E-state index in [9.17, 15) is 0 Å². The number of pyridine rings is 1. The number of fused-ring (bicyclic) bond motifs is 7. The number of ether oxygens (including phenoxy) is 1. The van der Waals surface area contributed by atoms with E-state index in [2.05, 4.69) is 96.0 Å². The molecule has 5 aromatic carbocycles. The molecule has 0 radical (unpaired) electrons. The van der Waals surface area contributed by atoms with Crippen molar-refractivity contribution in [2.24, 2.45) is 0 Å². The van der Waals surface area contributed by atoms with Gasteiger partial charge in [-0.05, 0) is 58.8 Å². The lowest BCUT2D eigenvalue weighted by molar-refractivity contribution is 0.269. The van der Waals surface area contributed by atoms with Crippen molar-refractivity contribution in [1.82, 2.24) is 19.9 Å². The second-order valence-electron chi connectivity index (χ2n) is 12.2. The van der Waals surface area contributed by atoms with Crippen LogP contribution in [0, 0.1) is 0 Å². The third-order valence-electron chi connectivity index (χ3n) is 9.35. The van der Waals surface area contributed by atoms with Crippen LogP contribution in [0.3, 0.4) is 0 Å². The second-order valence-corrected chi connectivity index (χ2v) is 12.2. The Kier molecular flexibility index (Phi) is 5.90. The van der Waals surface area contributed by atoms with Crippen molar-refractivity contribution in [2.45, 2.75) is 12.0 Å². The fourth-order valence-corrected chi connectivity index (χ4v) is 7.11. The zero-order valence-corrected chi connectivity index (χ0v) is 25.6. The van der Waals surface area contributed by atoms with Crippen LogP contribution in [0.4, 0.5) is 0 Å². The van der Waals surface area contributed by atoms with Crippen molar-refractivity contribution in [1.29, 1.82) is 0 Å². The van der Waals surface area contributed by atoms with E-state index in [1.165, 1.54) is 0 Å². The minimum atomic E-state index is -0.0534. The third kappa shape index (κ3) is 4.19. The molecule has 2 unspecified atom stereocenters. The predicted octanol–water partition coefficient (Wildman–Crippen LogP) is 9.96. The number of hydrogen-bond acceptors (Lipinski definition) is 6. The summed E-state index contributed by atoms with van der Waals surface area (Å²) < 4.78 is 12.9. The third-order valence-corrected chi connectivity index (χ3v) is 9.35. The zero-order chi connectivity index (χ0) is 31.6. The monoisotopic (exact) mass is 618 g/mol. The highest BCUT2D eigenvalue weighted by molar-refractivity contribution is 6.15. The van der Waals surface area contributed by atoms with Gasteiger partial charge in [0.25, 0.3) is 0 Å². The summed E-state index contributed by atoms with van der Waals surface area (Å²) >= 11 is 0. The van der Waals surface area contributed by atoms with Crippen LogP contribution in [0.1, 0.15) is 11.5 Å². The first-order chi connectivity index (χ1) is 23.8. The molecule has 1 aliphatic carbocycles. The van der Waals surface area contributed by atoms with Gasteiger partial charge in [-0.25, -0.2) is 19.9 Å². The second kappa shape index (κ2) is 10.6. The number of allylic oxidation sites excluding steroid dienone is 2. The van der Waals surface area contributed by atoms with Crippen LogP contribution < -0.4 is 4.74 Å². The lowest BCUT2D eigenvalue weighted by Crippen LogP contribution is -2.16. The number of rotatable bonds is 4. The molecule has 6 heteroatoms. The number of benzene rings is 5. The van der Waals surface area contributed by atoms with Crippen LogP contribution in [-0.2, 0) is 0 Å². The molecule has 0 amide bonds. The fraction of sp³-hybridized carbons (Fsp3) is 0.0476. The Hall–Kier alpha value is -6.40. The molecule has 1 aliphatic heterocycles. The summed E-state index contributed by atoms with van der Waals surface area (Å²) in [6.07, 6.45) is 10.1. The summed E-state index contributed by atoms with van der Waals surface area (Å²) in [5, 5.41) is 4.11. The largest absolute Gasteiger partial charge is 0.485 e.